The molecule has 3 rings (SSSR count). The summed E-state index contributed by atoms with van der Waals surface area (Å²) >= 11 is 0. The van der Waals surface area contributed by atoms with Crippen molar-refractivity contribution in [1.82, 2.24) is 4.90 Å². The number of imide groups is 1. The molecule has 1 aliphatic carbocycles. The fourth-order valence-electron chi connectivity index (χ4n) is 2.27. The van der Waals surface area contributed by atoms with Crippen LogP contribution >= 0.6 is 0 Å². The summed E-state index contributed by atoms with van der Waals surface area (Å²) in [5.41, 5.74) is 1.03. The van der Waals surface area contributed by atoms with E-state index in [0.29, 0.717) is 17.5 Å². The first kappa shape index (κ1) is 10.0. The molecule has 0 saturated carbocycles. The van der Waals surface area contributed by atoms with Gasteiger partial charge in [-0.25, -0.2) is 0 Å². The largest absolute Gasteiger partial charge is 0.269 e. The van der Waals surface area contributed by atoms with Crippen LogP contribution in [0, 0.1) is 0 Å². The van der Waals surface area contributed by atoms with Crippen molar-refractivity contribution < 1.29 is 9.59 Å². The number of allylic oxidation sites excluding steroid dienone is 2. The smallest absolute Gasteiger partial charge is 0.262 e. The maximum absolute atomic E-state index is 12.2. The van der Waals surface area contributed by atoms with Crippen LogP contribution in [-0.4, -0.2) is 22.8 Å². The fraction of sp³-hybridized carbons (Fsp3) is 0.143. The molecule has 3 nitrogen and oxygen atoms in total. The Balaban J connectivity index is 2.00. The second-order valence-corrected chi connectivity index (χ2v) is 4.14. The number of carbonyl (C=O) groups excluding carboxylic acids is 2. The average molecular weight is 225 g/mol. The van der Waals surface area contributed by atoms with E-state index in [-0.39, 0.29) is 17.9 Å². The summed E-state index contributed by atoms with van der Waals surface area (Å²) in [6, 6.07) is 6.83. The van der Waals surface area contributed by atoms with E-state index in [0.717, 1.165) is 0 Å². The van der Waals surface area contributed by atoms with Crippen LogP contribution < -0.4 is 0 Å². The number of fused-ring (bicyclic) bond motifs is 1. The van der Waals surface area contributed by atoms with Gasteiger partial charge in [0.25, 0.3) is 11.8 Å². The van der Waals surface area contributed by atoms with Crippen LogP contribution in [0.15, 0.2) is 48.6 Å². The average Bonchev–Trinajstić information content (AvgIpc) is 2.64. The monoisotopic (exact) mass is 225 g/mol. The van der Waals surface area contributed by atoms with Gasteiger partial charge in [0, 0.05) is 0 Å². The minimum Gasteiger partial charge on any atom is -0.269 e. The summed E-state index contributed by atoms with van der Waals surface area (Å²) in [7, 11) is 0. The van der Waals surface area contributed by atoms with Gasteiger partial charge >= 0.3 is 0 Å². The lowest BCUT2D eigenvalue weighted by atomic mass is 10.1. The van der Waals surface area contributed by atoms with Crippen molar-refractivity contribution in [1.29, 1.82) is 0 Å². The number of rotatable bonds is 1. The third kappa shape index (κ3) is 1.43. The first-order chi connectivity index (χ1) is 8.29. The zero-order valence-corrected chi connectivity index (χ0v) is 9.17. The molecule has 1 atom stereocenters. The molecule has 17 heavy (non-hydrogen) atoms. The Kier molecular flexibility index (Phi) is 2.18. The van der Waals surface area contributed by atoms with E-state index in [2.05, 4.69) is 0 Å². The highest BCUT2D eigenvalue weighted by molar-refractivity contribution is 6.21. The Morgan fingerprint density at radius 2 is 1.65 bits per heavy atom. The summed E-state index contributed by atoms with van der Waals surface area (Å²) in [5.74, 6) is -0.369. The Hall–Kier alpha value is -2.16. The van der Waals surface area contributed by atoms with E-state index in [9.17, 15) is 9.59 Å². The molecule has 1 aliphatic heterocycles. The van der Waals surface area contributed by atoms with Gasteiger partial charge in [0.1, 0.15) is 0 Å². The summed E-state index contributed by atoms with van der Waals surface area (Å²) in [4.78, 5) is 25.7. The molecule has 0 aromatic heterocycles. The summed E-state index contributed by atoms with van der Waals surface area (Å²) in [5, 5.41) is 0. The lowest BCUT2D eigenvalue weighted by Gasteiger charge is -2.23. The molecule has 0 radical (unpaired) electrons. The maximum atomic E-state index is 12.2. The number of amides is 2. The van der Waals surface area contributed by atoms with Gasteiger partial charge in [-0.15, -0.1) is 0 Å². The molecule has 0 saturated heterocycles. The highest BCUT2D eigenvalue weighted by atomic mass is 16.2. The van der Waals surface area contributed by atoms with Crippen molar-refractivity contribution in [3.63, 3.8) is 0 Å². The van der Waals surface area contributed by atoms with E-state index >= 15 is 0 Å². The highest BCUT2D eigenvalue weighted by Gasteiger charge is 2.38. The molecule has 1 unspecified atom stereocenters. The van der Waals surface area contributed by atoms with Gasteiger partial charge in [0.15, 0.2) is 0 Å². The van der Waals surface area contributed by atoms with Crippen molar-refractivity contribution in [3.8, 4) is 0 Å². The van der Waals surface area contributed by atoms with E-state index in [1.54, 1.807) is 24.3 Å². The molecule has 1 aromatic rings. The molecule has 2 amide bonds. The molecule has 0 fully saturated rings. The SMILES string of the molecule is O=C1c2ccccc2C(=O)N1C1C=CC=CC1. The van der Waals surface area contributed by atoms with Crippen LogP contribution in [0.5, 0.6) is 0 Å². The number of benzene rings is 1. The van der Waals surface area contributed by atoms with Crippen molar-refractivity contribution in [2.75, 3.05) is 0 Å². The molecular weight excluding hydrogens is 214 g/mol. The van der Waals surface area contributed by atoms with Crippen LogP contribution in [0.1, 0.15) is 27.1 Å². The van der Waals surface area contributed by atoms with Gasteiger partial charge in [-0.05, 0) is 18.6 Å². The zero-order chi connectivity index (χ0) is 11.8. The van der Waals surface area contributed by atoms with Gasteiger partial charge in [0.05, 0.1) is 17.2 Å². The van der Waals surface area contributed by atoms with E-state index in [1.165, 1.54) is 4.90 Å². The Morgan fingerprint density at radius 1 is 1.00 bits per heavy atom. The summed E-state index contributed by atoms with van der Waals surface area (Å²) in [6.07, 6.45) is 8.35. The normalized spacial score (nSPS) is 22.1. The number of hydrogen-bond donors (Lipinski definition) is 0. The zero-order valence-electron chi connectivity index (χ0n) is 9.17. The third-order valence-electron chi connectivity index (χ3n) is 3.12. The molecule has 0 bridgehead atoms. The Bertz CT molecular complexity index is 522. The minimum absolute atomic E-state index is 0.146. The molecule has 0 spiro atoms. The first-order valence-corrected chi connectivity index (χ1v) is 5.59. The lowest BCUT2D eigenvalue weighted by Crippen LogP contribution is -2.38. The van der Waals surface area contributed by atoms with Crippen molar-refractivity contribution in [2.24, 2.45) is 0 Å². The van der Waals surface area contributed by atoms with Crippen LogP contribution in [0.3, 0.4) is 0 Å². The quantitative estimate of drug-likeness (QED) is 0.687. The molecule has 1 heterocycles. The lowest BCUT2D eigenvalue weighted by molar-refractivity contribution is 0.0615. The summed E-state index contributed by atoms with van der Waals surface area (Å²) < 4.78 is 0. The minimum atomic E-state index is -0.185. The Labute approximate surface area is 99.0 Å². The standard InChI is InChI=1S/C14H11NO2/c16-13-11-8-4-5-9-12(11)14(17)15(13)10-6-2-1-3-7-10/h1-6,8-10H,7H2. The second-order valence-electron chi connectivity index (χ2n) is 4.14. The number of carbonyl (C=O) groups is 2. The number of nitrogens with zero attached hydrogens (tertiary/aromatic N) is 1. The van der Waals surface area contributed by atoms with Crippen molar-refractivity contribution in [3.05, 3.63) is 59.7 Å². The highest BCUT2D eigenvalue weighted by Crippen LogP contribution is 2.26. The fourth-order valence-corrected chi connectivity index (χ4v) is 2.27. The van der Waals surface area contributed by atoms with Crippen LogP contribution in [0.2, 0.25) is 0 Å². The maximum Gasteiger partial charge on any atom is 0.262 e. The van der Waals surface area contributed by atoms with E-state index in [4.69, 9.17) is 0 Å². The predicted octanol–water partition coefficient (Wildman–Crippen LogP) is 2.17. The van der Waals surface area contributed by atoms with Crippen LogP contribution in [0.4, 0.5) is 0 Å². The van der Waals surface area contributed by atoms with Crippen LogP contribution in [0.25, 0.3) is 0 Å². The Morgan fingerprint density at radius 3 is 2.18 bits per heavy atom. The predicted molar refractivity (Wildman–Crippen MR) is 63.6 cm³/mol. The number of hydrogen-bond acceptors (Lipinski definition) is 2. The summed E-state index contributed by atoms with van der Waals surface area (Å²) in [6.45, 7) is 0. The van der Waals surface area contributed by atoms with Gasteiger partial charge in [-0.2, -0.15) is 0 Å². The van der Waals surface area contributed by atoms with Gasteiger partial charge < -0.3 is 0 Å². The van der Waals surface area contributed by atoms with Crippen molar-refractivity contribution >= 4 is 11.8 Å². The van der Waals surface area contributed by atoms with Crippen molar-refractivity contribution in [2.45, 2.75) is 12.5 Å². The first-order valence-electron chi connectivity index (χ1n) is 5.59. The van der Waals surface area contributed by atoms with E-state index < -0.39 is 0 Å². The van der Waals surface area contributed by atoms with Gasteiger partial charge in [-0.1, -0.05) is 36.4 Å². The topological polar surface area (TPSA) is 37.4 Å². The molecule has 84 valence electrons. The van der Waals surface area contributed by atoms with Gasteiger partial charge in [-0.3, -0.25) is 14.5 Å². The molecule has 2 aliphatic rings. The molecule has 1 aromatic carbocycles. The molecule has 3 heteroatoms. The van der Waals surface area contributed by atoms with Crippen LogP contribution in [-0.2, 0) is 0 Å². The van der Waals surface area contributed by atoms with E-state index in [1.807, 2.05) is 24.3 Å². The molecule has 0 N–H and O–H groups in total. The van der Waals surface area contributed by atoms with Gasteiger partial charge in [0.2, 0.25) is 0 Å². The molecular formula is C14H11NO2. The second kappa shape index (κ2) is 3.70. The third-order valence-corrected chi connectivity index (χ3v) is 3.12.